The fraction of sp³-hybridized carbons (Fsp3) is 0.667. The predicted octanol–water partition coefficient (Wildman–Crippen LogP) is 3.46. The Morgan fingerprint density at radius 2 is 2.19 bits per heavy atom. The molecule has 3 heteroatoms. The van der Waals surface area contributed by atoms with E-state index in [0.717, 1.165) is 37.9 Å². The van der Waals surface area contributed by atoms with Gasteiger partial charge in [0.15, 0.2) is 0 Å². The van der Waals surface area contributed by atoms with Gasteiger partial charge in [0.05, 0.1) is 13.2 Å². The molecule has 1 fully saturated rings. The summed E-state index contributed by atoms with van der Waals surface area (Å²) in [6, 6.07) is 8.30. The summed E-state index contributed by atoms with van der Waals surface area (Å²) in [5.41, 5.74) is 7.17. The van der Waals surface area contributed by atoms with E-state index in [4.69, 9.17) is 10.5 Å². The van der Waals surface area contributed by atoms with Crippen molar-refractivity contribution >= 4 is 0 Å². The second-order valence-electron chi connectivity index (χ2n) is 6.46. The quantitative estimate of drug-likeness (QED) is 0.809. The number of nitrogens with two attached hydrogens (primary N) is 1. The molecule has 1 aliphatic carbocycles. The summed E-state index contributed by atoms with van der Waals surface area (Å²) in [7, 11) is 0. The zero-order valence-electron chi connectivity index (χ0n) is 13.3. The molecule has 0 radical (unpaired) electrons. The molecule has 3 N–H and O–H groups in total. The Balaban J connectivity index is 1.92. The number of benzene rings is 1. The maximum atomic E-state index is 9.50. The molecule has 2 rings (SSSR count). The molecule has 3 unspecified atom stereocenters. The Kier molecular flexibility index (Phi) is 5.65. The van der Waals surface area contributed by atoms with Gasteiger partial charge < -0.3 is 15.6 Å². The van der Waals surface area contributed by atoms with E-state index in [9.17, 15) is 5.11 Å². The van der Waals surface area contributed by atoms with Gasteiger partial charge in [-0.05, 0) is 49.1 Å². The highest BCUT2D eigenvalue weighted by Crippen LogP contribution is 2.36. The molecule has 118 valence electrons. The monoisotopic (exact) mass is 291 g/mol. The molecule has 3 nitrogen and oxygen atoms in total. The van der Waals surface area contributed by atoms with E-state index in [1.54, 1.807) is 0 Å². The van der Waals surface area contributed by atoms with Crippen LogP contribution < -0.4 is 10.5 Å². The van der Waals surface area contributed by atoms with Crippen LogP contribution >= 0.6 is 0 Å². The van der Waals surface area contributed by atoms with E-state index in [2.05, 4.69) is 32.0 Å². The second kappa shape index (κ2) is 7.28. The molecule has 1 saturated carbocycles. The minimum atomic E-state index is -0.389. The number of aliphatic hydroxyl groups excluding tert-OH is 1. The third-order valence-electron chi connectivity index (χ3n) is 5.09. The number of hydrogen-bond donors (Lipinski definition) is 2. The smallest absolute Gasteiger partial charge is 0.122 e. The van der Waals surface area contributed by atoms with Crippen molar-refractivity contribution in [2.75, 3.05) is 13.2 Å². The number of hydrogen-bond acceptors (Lipinski definition) is 3. The average molecular weight is 291 g/mol. The molecule has 0 amide bonds. The molecule has 21 heavy (non-hydrogen) atoms. The van der Waals surface area contributed by atoms with Crippen molar-refractivity contribution in [3.05, 3.63) is 29.8 Å². The minimum Gasteiger partial charge on any atom is -0.493 e. The van der Waals surface area contributed by atoms with E-state index in [0.29, 0.717) is 18.4 Å². The molecule has 1 aromatic rings. The molecule has 0 heterocycles. The van der Waals surface area contributed by atoms with Gasteiger partial charge in [0.25, 0.3) is 0 Å². The first-order chi connectivity index (χ1) is 10.1. The van der Waals surface area contributed by atoms with E-state index in [-0.39, 0.29) is 12.1 Å². The molecular weight excluding hydrogens is 262 g/mol. The summed E-state index contributed by atoms with van der Waals surface area (Å²) in [5.74, 6) is 1.88. The largest absolute Gasteiger partial charge is 0.493 e. The van der Waals surface area contributed by atoms with E-state index in [1.165, 1.54) is 5.56 Å². The summed E-state index contributed by atoms with van der Waals surface area (Å²) < 4.78 is 6.02. The maximum absolute atomic E-state index is 9.50. The summed E-state index contributed by atoms with van der Waals surface area (Å²) >= 11 is 0. The normalized spacial score (nSPS) is 26.8. The van der Waals surface area contributed by atoms with Crippen molar-refractivity contribution in [1.29, 1.82) is 0 Å². The molecule has 0 spiro atoms. The van der Waals surface area contributed by atoms with Crippen molar-refractivity contribution in [3.8, 4) is 5.75 Å². The summed E-state index contributed by atoms with van der Waals surface area (Å²) in [4.78, 5) is 0. The molecular formula is C18H29NO2. The van der Waals surface area contributed by atoms with Crippen LogP contribution in [0.3, 0.4) is 0 Å². The predicted molar refractivity (Wildman–Crippen MR) is 86.6 cm³/mol. The van der Waals surface area contributed by atoms with Crippen LogP contribution in [-0.2, 0) is 0 Å². The first-order valence-corrected chi connectivity index (χ1v) is 8.22. The van der Waals surface area contributed by atoms with Crippen molar-refractivity contribution in [2.45, 2.75) is 57.4 Å². The minimum absolute atomic E-state index is 0.0844. The van der Waals surface area contributed by atoms with Crippen LogP contribution in [0.2, 0.25) is 0 Å². The van der Waals surface area contributed by atoms with Gasteiger partial charge >= 0.3 is 0 Å². The Hall–Kier alpha value is -1.06. The molecule has 3 atom stereocenters. The van der Waals surface area contributed by atoms with E-state index < -0.39 is 0 Å². The fourth-order valence-electron chi connectivity index (χ4n) is 3.36. The number of aliphatic hydroxyl groups is 1. The van der Waals surface area contributed by atoms with Gasteiger partial charge in [0, 0.05) is 5.54 Å². The Bertz CT molecular complexity index is 449. The van der Waals surface area contributed by atoms with Gasteiger partial charge in [-0.2, -0.15) is 0 Å². The lowest BCUT2D eigenvalue weighted by atomic mass is 9.87. The van der Waals surface area contributed by atoms with Crippen LogP contribution in [-0.4, -0.2) is 23.9 Å². The van der Waals surface area contributed by atoms with E-state index in [1.807, 2.05) is 6.07 Å². The SMILES string of the molecule is CCC(C)c1ccccc1OCCC1CCCC1(N)CO. The Morgan fingerprint density at radius 3 is 2.90 bits per heavy atom. The molecule has 0 aliphatic heterocycles. The standard InChI is InChI=1S/C18H29NO2/c1-3-14(2)16-8-4-5-9-17(16)21-12-10-15-7-6-11-18(15,19)13-20/h4-5,8-9,14-15,20H,3,6-7,10-13,19H2,1-2H3. The van der Waals surface area contributed by atoms with Gasteiger partial charge in [-0.15, -0.1) is 0 Å². The number of rotatable bonds is 7. The van der Waals surface area contributed by atoms with Crippen LogP contribution in [0.15, 0.2) is 24.3 Å². The van der Waals surface area contributed by atoms with Crippen LogP contribution in [0.25, 0.3) is 0 Å². The Morgan fingerprint density at radius 1 is 1.43 bits per heavy atom. The molecule has 0 bridgehead atoms. The van der Waals surface area contributed by atoms with Gasteiger partial charge in [-0.25, -0.2) is 0 Å². The molecule has 1 aliphatic rings. The highest BCUT2D eigenvalue weighted by molar-refractivity contribution is 5.35. The van der Waals surface area contributed by atoms with Gasteiger partial charge in [0.1, 0.15) is 5.75 Å². The highest BCUT2D eigenvalue weighted by Gasteiger charge is 2.38. The van der Waals surface area contributed by atoms with Crippen molar-refractivity contribution in [1.82, 2.24) is 0 Å². The van der Waals surface area contributed by atoms with Gasteiger partial charge in [0.2, 0.25) is 0 Å². The maximum Gasteiger partial charge on any atom is 0.122 e. The fourth-order valence-corrected chi connectivity index (χ4v) is 3.36. The lowest BCUT2D eigenvalue weighted by Gasteiger charge is -2.29. The molecule has 0 saturated heterocycles. The first kappa shape index (κ1) is 16.3. The first-order valence-electron chi connectivity index (χ1n) is 8.22. The lowest BCUT2D eigenvalue weighted by Crippen LogP contribution is -2.47. The summed E-state index contributed by atoms with van der Waals surface area (Å²) in [5, 5.41) is 9.50. The van der Waals surface area contributed by atoms with E-state index >= 15 is 0 Å². The number of ether oxygens (including phenoxy) is 1. The topological polar surface area (TPSA) is 55.5 Å². The zero-order chi connectivity index (χ0) is 15.3. The van der Waals surface area contributed by atoms with Crippen LogP contribution in [0.5, 0.6) is 5.75 Å². The highest BCUT2D eigenvalue weighted by atomic mass is 16.5. The lowest BCUT2D eigenvalue weighted by molar-refractivity contribution is 0.143. The number of para-hydroxylation sites is 1. The van der Waals surface area contributed by atoms with Crippen LogP contribution in [0.4, 0.5) is 0 Å². The van der Waals surface area contributed by atoms with Crippen molar-refractivity contribution in [3.63, 3.8) is 0 Å². The molecule has 1 aromatic carbocycles. The van der Waals surface area contributed by atoms with Crippen molar-refractivity contribution < 1.29 is 9.84 Å². The summed E-state index contributed by atoms with van der Waals surface area (Å²) in [6.45, 7) is 5.19. The molecule has 0 aromatic heterocycles. The Labute approximate surface area is 128 Å². The van der Waals surface area contributed by atoms with Crippen LogP contribution in [0, 0.1) is 5.92 Å². The summed E-state index contributed by atoms with van der Waals surface area (Å²) in [6.07, 6.45) is 5.18. The van der Waals surface area contributed by atoms with Crippen molar-refractivity contribution in [2.24, 2.45) is 11.7 Å². The second-order valence-corrected chi connectivity index (χ2v) is 6.46. The zero-order valence-corrected chi connectivity index (χ0v) is 13.3. The average Bonchev–Trinajstić information content (AvgIpc) is 2.89. The van der Waals surface area contributed by atoms with Gasteiger partial charge in [-0.1, -0.05) is 38.5 Å². The van der Waals surface area contributed by atoms with Crippen LogP contribution in [0.1, 0.15) is 57.4 Å². The third kappa shape index (κ3) is 3.78. The third-order valence-corrected chi connectivity index (χ3v) is 5.09. The van der Waals surface area contributed by atoms with Gasteiger partial charge in [-0.3, -0.25) is 0 Å².